The summed E-state index contributed by atoms with van der Waals surface area (Å²) in [5.74, 6) is 0.690. The number of rotatable bonds is 1. The van der Waals surface area contributed by atoms with E-state index in [0.717, 1.165) is 27.3 Å². The van der Waals surface area contributed by atoms with Gasteiger partial charge in [-0.3, -0.25) is 0 Å². The van der Waals surface area contributed by atoms with E-state index >= 15 is 0 Å². The summed E-state index contributed by atoms with van der Waals surface area (Å²) in [5, 5.41) is 13.2. The lowest BCUT2D eigenvalue weighted by Crippen LogP contribution is -2.00. The molecule has 3 aromatic heterocycles. The Hall–Kier alpha value is -1.53. The largest absolute Gasteiger partial charge is 0.249 e. The highest BCUT2D eigenvalue weighted by molar-refractivity contribution is 7.13. The topological polar surface area (TPSA) is 56.0 Å². The van der Waals surface area contributed by atoms with Crippen molar-refractivity contribution in [1.82, 2.24) is 24.8 Å². The van der Waals surface area contributed by atoms with Crippen molar-refractivity contribution in [3.05, 3.63) is 27.5 Å². The molecule has 0 spiro atoms. The number of aromatic nitrogens is 5. The molecule has 7 heteroatoms. The Morgan fingerprint density at radius 3 is 2.61 bits per heavy atom. The number of thiazole rings is 1. The lowest BCUT2D eigenvalue weighted by Gasteiger charge is -2.04. The van der Waals surface area contributed by atoms with Crippen molar-refractivity contribution < 1.29 is 0 Å². The lowest BCUT2D eigenvalue weighted by atomic mass is 10.2. The summed E-state index contributed by atoms with van der Waals surface area (Å²) in [6.07, 6.45) is 0. The molecule has 0 aliphatic carbocycles. The monoisotopic (exact) mass is 279 g/mol. The summed E-state index contributed by atoms with van der Waals surface area (Å²) < 4.78 is 1.69. The van der Waals surface area contributed by atoms with Crippen molar-refractivity contribution in [1.29, 1.82) is 0 Å². The van der Waals surface area contributed by atoms with Gasteiger partial charge in [-0.2, -0.15) is 9.61 Å². The Labute approximate surface area is 112 Å². The molecule has 0 radical (unpaired) electrons. The summed E-state index contributed by atoms with van der Waals surface area (Å²) in [7, 11) is 0. The molecule has 18 heavy (non-hydrogen) atoms. The van der Waals surface area contributed by atoms with Crippen LogP contribution in [0, 0.1) is 20.8 Å². The molecule has 0 unspecified atom stereocenters. The summed E-state index contributed by atoms with van der Waals surface area (Å²) in [6.45, 7) is 5.84. The molecular weight excluding hydrogens is 270 g/mol. The van der Waals surface area contributed by atoms with E-state index in [9.17, 15) is 0 Å². The molecular formula is C11H10ClN5S. The Morgan fingerprint density at radius 2 is 1.94 bits per heavy atom. The number of hydrogen-bond acceptors (Lipinski definition) is 5. The van der Waals surface area contributed by atoms with E-state index in [-0.39, 0.29) is 0 Å². The predicted octanol–water partition coefficient (Wildman–Crippen LogP) is 2.83. The quantitative estimate of drug-likeness (QED) is 0.687. The van der Waals surface area contributed by atoms with Crippen LogP contribution in [0.15, 0.2) is 5.51 Å². The number of hydrogen-bond donors (Lipinski definition) is 0. The molecule has 5 nitrogen and oxygen atoms in total. The van der Waals surface area contributed by atoms with Crippen molar-refractivity contribution in [2.75, 3.05) is 0 Å². The first-order chi connectivity index (χ1) is 8.59. The molecule has 0 aromatic carbocycles. The van der Waals surface area contributed by atoms with Crippen LogP contribution in [0.5, 0.6) is 0 Å². The minimum atomic E-state index is 0.475. The Morgan fingerprint density at radius 1 is 1.17 bits per heavy atom. The lowest BCUT2D eigenvalue weighted by molar-refractivity contribution is 0.919. The van der Waals surface area contributed by atoms with Gasteiger partial charge in [-0.05, 0) is 26.3 Å². The average Bonchev–Trinajstić information content (AvgIpc) is 2.92. The molecule has 0 atom stereocenters. The third-order valence-electron chi connectivity index (χ3n) is 2.98. The summed E-state index contributed by atoms with van der Waals surface area (Å²) in [5.41, 5.74) is 5.37. The molecule has 92 valence electrons. The molecule has 0 bridgehead atoms. The number of aryl methyl sites for hydroxylation is 2. The van der Waals surface area contributed by atoms with Gasteiger partial charge in [0.2, 0.25) is 0 Å². The van der Waals surface area contributed by atoms with Crippen LogP contribution in [0.2, 0.25) is 5.15 Å². The fourth-order valence-electron chi connectivity index (χ4n) is 1.75. The SMILES string of the molecule is Cc1ncsc1-c1nnc2c(C)c(C)c(Cl)nn12. The maximum Gasteiger partial charge on any atom is 0.197 e. The van der Waals surface area contributed by atoms with Crippen LogP contribution in [0.25, 0.3) is 16.3 Å². The minimum Gasteiger partial charge on any atom is -0.249 e. The smallest absolute Gasteiger partial charge is 0.197 e. The van der Waals surface area contributed by atoms with Crippen molar-refractivity contribution in [2.45, 2.75) is 20.8 Å². The molecule has 0 aliphatic heterocycles. The molecule has 0 N–H and O–H groups in total. The van der Waals surface area contributed by atoms with Crippen LogP contribution in [0.3, 0.4) is 0 Å². The third-order valence-corrected chi connectivity index (χ3v) is 4.27. The van der Waals surface area contributed by atoms with Gasteiger partial charge >= 0.3 is 0 Å². The van der Waals surface area contributed by atoms with Crippen LogP contribution < -0.4 is 0 Å². The summed E-state index contributed by atoms with van der Waals surface area (Å²) in [4.78, 5) is 5.19. The zero-order valence-electron chi connectivity index (χ0n) is 10.1. The van der Waals surface area contributed by atoms with E-state index < -0.39 is 0 Å². The van der Waals surface area contributed by atoms with E-state index in [0.29, 0.717) is 11.0 Å². The van der Waals surface area contributed by atoms with Gasteiger partial charge in [0.15, 0.2) is 16.6 Å². The summed E-state index contributed by atoms with van der Waals surface area (Å²) in [6, 6.07) is 0. The van der Waals surface area contributed by atoms with Gasteiger partial charge in [-0.15, -0.1) is 21.5 Å². The highest BCUT2D eigenvalue weighted by Gasteiger charge is 2.17. The van der Waals surface area contributed by atoms with E-state index in [1.54, 1.807) is 10.0 Å². The standard InChI is InChI=1S/C11H10ClN5S/c1-5-6(2)10-14-15-11(17(10)16-9(5)12)8-7(3)13-4-18-8/h4H,1-3H3. The van der Waals surface area contributed by atoms with Crippen LogP contribution in [-0.4, -0.2) is 24.8 Å². The highest BCUT2D eigenvalue weighted by atomic mass is 35.5. The maximum absolute atomic E-state index is 6.12. The van der Waals surface area contributed by atoms with Crippen LogP contribution >= 0.6 is 22.9 Å². The first kappa shape index (κ1) is 11.6. The fourth-order valence-corrected chi connectivity index (χ4v) is 2.74. The van der Waals surface area contributed by atoms with Gasteiger partial charge in [-0.25, -0.2) is 4.98 Å². The molecule has 0 aliphatic rings. The molecule has 3 rings (SSSR count). The summed E-state index contributed by atoms with van der Waals surface area (Å²) >= 11 is 7.64. The van der Waals surface area contributed by atoms with Gasteiger partial charge in [0.1, 0.15) is 0 Å². The molecule has 0 saturated carbocycles. The molecule has 0 amide bonds. The van der Waals surface area contributed by atoms with Crippen molar-refractivity contribution in [3.63, 3.8) is 0 Å². The number of nitrogens with zero attached hydrogens (tertiary/aromatic N) is 5. The second-order valence-corrected chi connectivity index (χ2v) is 5.28. The van der Waals surface area contributed by atoms with Crippen LogP contribution in [-0.2, 0) is 0 Å². The maximum atomic E-state index is 6.12. The second kappa shape index (κ2) is 4.00. The minimum absolute atomic E-state index is 0.475. The van der Waals surface area contributed by atoms with Gasteiger partial charge < -0.3 is 0 Å². The van der Waals surface area contributed by atoms with Crippen LogP contribution in [0.1, 0.15) is 16.8 Å². The van der Waals surface area contributed by atoms with E-state index in [1.807, 2.05) is 20.8 Å². The van der Waals surface area contributed by atoms with Gasteiger partial charge in [-0.1, -0.05) is 11.6 Å². The number of halogens is 1. The van der Waals surface area contributed by atoms with Gasteiger partial charge in [0, 0.05) is 5.56 Å². The molecule has 0 saturated heterocycles. The van der Waals surface area contributed by atoms with Crippen molar-refractivity contribution in [3.8, 4) is 10.7 Å². The zero-order chi connectivity index (χ0) is 12.9. The molecule has 3 aromatic rings. The normalized spacial score (nSPS) is 11.3. The number of fused-ring (bicyclic) bond motifs is 1. The Balaban J connectivity index is 2.37. The fraction of sp³-hybridized carbons (Fsp3) is 0.273. The second-order valence-electron chi connectivity index (χ2n) is 4.07. The van der Waals surface area contributed by atoms with Crippen LogP contribution in [0.4, 0.5) is 0 Å². The third kappa shape index (κ3) is 1.53. The molecule has 0 fully saturated rings. The van der Waals surface area contributed by atoms with Crippen molar-refractivity contribution in [2.24, 2.45) is 0 Å². The van der Waals surface area contributed by atoms with E-state index in [4.69, 9.17) is 11.6 Å². The van der Waals surface area contributed by atoms with Gasteiger partial charge in [0.25, 0.3) is 0 Å². The highest BCUT2D eigenvalue weighted by Crippen LogP contribution is 2.27. The van der Waals surface area contributed by atoms with E-state index in [2.05, 4.69) is 20.3 Å². The van der Waals surface area contributed by atoms with Crippen molar-refractivity contribution >= 4 is 28.6 Å². The molecule has 3 heterocycles. The average molecular weight is 280 g/mol. The Bertz CT molecular complexity index is 745. The predicted molar refractivity (Wildman–Crippen MR) is 71.1 cm³/mol. The van der Waals surface area contributed by atoms with E-state index in [1.165, 1.54) is 11.3 Å². The van der Waals surface area contributed by atoms with Gasteiger partial charge in [0.05, 0.1) is 16.1 Å². The first-order valence-corrected chi connectivity index (χ1v) is 6.64. The Kier molecular flexibility index (Phi) is 2.57. The first-order valence-electron chi connectivity index (χ1n) is 5.38. The zero-order valence-corrected chi connectivity index (χ0v) is 11.7.